The van der Waals surface area contributed by atoms with Crippen LogP contribution in [0.5, 0.6) is 5.75 Å². The molecule has 0 atom stereocenters. The van der Waals surface area contributed by atoms with Crippen molar-refractivity contribution in [2.24, 2.45) is 0 Å². The quantitative estimate of drug-likeness (QED) is 0.284. The predicted octanol–water partition coefficient (Wildman–Crippen LogP) is 7.37. The van der Waals surface area contributed by atoms with Gasteiger partial charge >= 0.3 is 6.61 Å². The highest BCUT2D eigenvalue weighted by molar-refractivity contribution is 5.33. The SMILES string of the molecule is CCCc1ccc(CCc2cc(F)c(CCc3cc(F)c(OC(F)F)c(F)c3)c(F)c2)cc1. The molecule has 3 rings (SSSR count). The predicted molar refractivity (Wildman–Crippen MR) is 115 cm³/mol. The lowest BCUT2D eigenvalue weighted by atomic mass is 9.98. The van der Waals surface area contributed by atoms with Crippen LogP contribution in [-0.4, -0.2) is 6.61 Å². The van der Waals surface area contributed by atoms with Crippen LogP contribution in [0.4, 0.5) is 26.3 Å². The third kappa shape index (κ3) is 6.76. The van der Waals surface area contributed by atoms with Gasteiger partial charge in [-0.15, -0.1) is 0 Å². The van der Waals surface area contributed by atoms with E-state index in [0.29, 0.717) is 18.4 Å². The van der Waals surface area contributed by atoms with Crippen molar-refractivity contribution in [3.63, 3.8) is 0 Å². The summed E-state index contributed by atoms with van der Waals surface area (Å²) in [6.07, 6.45) is 2.93. The van der Waals surface area contributed by atoms with E-state index in [1.165, 1.54) is 17.7 Å². The molecule has 0 saturated carbocycles. The molecule has 0 heterocycles. The summed E-state index contributed by atoms with van der Waals surface area (Å²) in [6, 6.07) is 12.3. The van der Waals surface area contributed by atoms with Gasteiger partial charge in [-0.3, -0.25) is 0 Å². The first-order chi connectivity index (χ1) is 15.8. The van der Waals surface area contributed by atoms with Gasteiger partial charge in [0.05, 0.1) is 0 Å². The molecule has 0 amide bonds. The molecule has 0 N–H and O–H groups in total. The second kappa shape index (κ2) is 11.3. The van der Waals surface area contributed by atoms with E-state index in [1.807, 2.05) is 12.1 Å². The van der Waals surface area contributed by atoms with Crippen molar-refractivity contribution in [2.75, 3.05) is 0 Å². The minimum absolute atomic E-state index is 0.0704. The smallest absolute Gasteiger partial charge is 0.387 e. The lowest BCUT2D eigenvalue weighted by Gasteiger charge is -2.11. The second-order valence-electron chi connectivity index (χ2n) is 7.87. The van der Waals surface area contributed by atoms with Crippen LogP contribution < -0.4 is 4.74 Å². The van der Waals surface area contributed by atoms with Gasteiger partial charge in [-0.2, -0.15) is 8.78 Å². The van der Waals surface area contributed by atoms with E-state index in [1.54, 1.807) is 0 Å². The molecule has 0 aliphatic carbocycles. The Morgan fingerprint density at radius 2 is 1.03 bits per heavy atom. The second-order valence-corrected chi connectivity index (χ2v) is 7.87. The first kappa shape index (κ1) is 24.7. The molecule has 0 spiro atoms. The maximum absolute atomic E-state index is 14.6. The number of aryl methyl sites for hydroxylation is 4. The summed E-state index contributed by atoms with van der Waals surface area (Å²) in [4.78, 5) is 0. The summed E-state index contributed by atoms with van der Waals surface area (Å²) in [6.45, 7) is -1.26. The fraction of sp³-hybridized carbons (Fsp3) is 0.308. The molecule has 0 bridgehead atoms. The third-order valence-electron chi connectivity index (χ3n) is 5.39. The highest BCUT2D eigenvalue weighted by Gasteiger charge is 2.18. The number of benzene rings is 3. The monoisotopic (exact) mass is 466 g/mol. The van der Waals surface area contributed by atoms with E-state index in [-0.39, 0.29) is 24.0 Å². The molecule has 0 aliphatic heterocycles. The van der Waals surface area contributed by atoms with E-state index in [0.717, 1.165) is 30.5 Å². The highest BCUT2D eigenvalue weighted by Crippen LogP contribution is 2.26. The van der Waals surface area contributed by atoms with Crippen molar-refractivity contribution < 1.29 is 31.1 Å². The van der Waals surface area contributed by atoms with Crippen LogP contribution in [-0.2, 0) is 32.1 Å². The fourth-order valence-corrected chi connectivity index (χ4v) is 3.72. The fourth-order valence-electron chi connectivity index (χ4n) is 3.72. The van der Waals surface area contributed by atoms with Gasteiger partial charge in [-0.1, -0.05) is 37.6 Å². The molecular weight excluding hydrogens is 442 g/mol. The molecule has 7 heteroatoms. The number of halogens is 6. The van der Waals surface area contributed by atoms with Gasteiger partial charge in [-0.25, -0.2) is 17.6 Å². The van der Waals surface area contributed by atoms with Crippen molar-refractivity contribution >= 4 is 0 Å². The van der Waals surface area contributed by atoms with Crippen LogP contribution in [0, 0.1) is 23.3 Å². The van der Waals surface area contributed by atoms with Gasteiger partial charge in [-0.05, 0) is 78.6 Å². The largest absolute Gasteiger partial charge is 0.429 e. The van der Waals surface area contributed by atoms with E-state index in [4.69, 9.17) is 0 Å². The van der Waals surface area contributed by atoms with Gasteiger partial charge in [0.2, 0.25) is 0 Å². The van der Waals surface area contributed by atoms with Crippen LogP contribution in [0.3, 0.4) is 0 Å². The number of hydrogen-bond donors (Lipinski definition) is 0. The van der Waals surface area contributed by atoms with Crippen molar-refractivity contribution in [2.45, 2.75) is 52.1 Å². The number of ether oxygens (including phenoxy) is 1. The Labute approximate surface area is 189 Å². The summed E-state index contributed by atoms with van der Waals surface area (Å²) in [5.74, 6) is -5.26. The molecule has 3 aromatic carbocycles. The minimum Gasteiger partial charge on any atom is -0.429 e. The summed E-state index contributed by atoms with van der Waals surface area (Å²) in [7, 11) is 0. The lowest BCUT2D eigenvalue weighted by molar-refractivity contribution is -0.0546. The zero-order valence-electron chi connectivity index (χ0n) is 18.1. The van der Waals surface area contributed by atoms with Crippen LogP contribution >= 0.6 is 0 Å². The first-order valence-electron chi connectivity index (χ1n) is 10.7. The third-order valence-corrected chi connectivity index (χ3v) is 5.39. The Bertz CT molecular complexity index is 1030. The molecule has 33 heavy (non-hydrogen) atoms. The van der Waals surface area contributed by atoms with E-state index in [2.05, 4.69) is 23.8 Å². The Kier molecular flexibility index (Phi) is 8.42. The topological polar surface area (TPSA) is 9.23 Å². The lowest BCUT2D eigenvalue weighted by Crippen LogP contribution is -2.07. The Balaban J connectivity index is 1.64. The zero-order chi connectivity index (χ0) is 24.0. The van der Waals surface area contributed by atoms with E-state index in [9.17, 15) is 26.3 Å². The molecule has 0 fully saturated rings. The Morgan fingerprint density at radius 1 is 0.606 bits per heavy atom. The average molecular weight is 466 g/mol. The van der Waals surface area contributed by atoms with E-state index >= 15 is 0 Å². The van der Waals surface area contributed by atoms with Crippen LogP contribution in [0.2, 0.25) is 0 Å². The van der Waals surface area contributed by atoms with Crippen molar-refractivity contribution in [3.8, 4) is 5.75 Å². The van der Waals surface area contributed by atoms with Gasteiger partial charge in [0.1, 0.15) is 11.6 Å². The number of rotatable bonds is 10. The Hall–Kier alpha value is -2.96. The molecule has 0 aliphatic rings. The van der Waals surface area contributed by atoms with Crippen LogP contribution in [0.15, 0.2) is 48.5 Å². The van der Waals surface area contributed by atoms with Crippen LogP contribution in [0.1, 0.15) is 41.2 Å². The van der Waals surface area contributed by atoms with E-state index < -0.39 is 35.6 Å². The number of alkyl halides is 2. The maximum atomic E-state index is 14.6. The molecule has 0 unspecified atom stereocenters. The molecule has 3 aromatic rings. The van der Waals surface area contributed by atoms with Gasteiger partial charge in [0, 0.05) is 5.56 Å². The van der Waals surface area contributed by atoms with Gasteiger partial charge < -0.3 is 4.74 Å². The normalized spacial score (nSPS) is 11.3. The van der Waals surface area contributed by atoms with Crippen molar-refractivity contribution in [1.82, 2.24) is 0 Å². The first-order valence-corrected chi connectivity index (χ1v) is 10.7. The standard InChI is InChI=1S/C26H24F6O/c1-2-3-16-4-6-17(7-5-16)8-9-18-12-21(27)20(22(28)13-18)11-10-19-14-23(29)25(24(30)15-19)33-26(31)32/h4-7,12-15,26H,2-3,8-11H2,1H3. The minimum atomic E-state index is -3.37. The summed E-state index contributed by atoms with van der Waals surface area (Å²) in [5.41, 5.74) is 2.70. The highest BCUT2D eigenvalue weighted by atomic mass is 19.3. The molecule has 1 nitrogen and oxygen atoms in total. The zero-order valence-corrected chi connectivity index (χ0v) is 18.1. The summed E-state index contributed by atoms with van der Waals surface area (Å²) in [5, 5.41) is 0. The van der Waals surface area contributed by atoms with Crippen molar-refractivity contribution in [1.29, 1.82) is 0 Å². The van der Waals surface area contributed by atoms with Gasteiger partial charge in [0.25, 0.3) is 0 Å². The maximum Gasteiger partial charge on any atom is 0.387 e. The Morgan fingerprint density at radius 3 is 1.52 bits per heavy atom. The average Bonchev–Trinajstić information content (AvgIpc) is 2.75. The summed E-state index contributed by atoms with van der Waals surface area (Å²) >= 11 is 0. The molecular formula is C26H24F6O. The molecule has 176 valence electrons. The van der Waals surface area contributed by atoms with Crippen molar-refractivity contribution in [3.05, 3.63) is 99.6 Å². The molecule has 0 saturated heterocycles. The van der Waals surface area contributed by atoms with Gasteiger partial charge in [0.15, 0.2) is 17.4 Å². The molecule has 0 radical (unpaired) electrons. The summed E-state index contributed by atoms with van der Waals surface area (Å²) < 4.78 is 85.1. The number of hydrogen-bond acceptors (Lipinski definition) is 1. The molecule has 0 aromatic heterocycles. The van der Waals surface area contributed by atoms with Crippen LogP contribution in [0.25, 0.3) is 0 Å².